The molecule has 0 radical (unpaired) electrons. The number of esters is 1. The number of aliphatic hydroxyl groups is 1. The second-order valence-corrected chi connectivity index (χ2v) is 10.1. The normalized spacial score (nSPS) is 21.3. The Morgan fingerprint density at radius 1 is 1.27 bits per heavy atom. The lowest BCUT2D eigenvalue weighted by molar-refractivity contribution is -0.172. The van der Waals surface area contributed by atoms with Crippen molar-refractivity contribution in [1.82, 2.24) is 9.88 Å². The van der Waals surface area contributed by atoms with E-state index in [1.165, 1.54) is 13.2 Å². The van der Waals surface area contributed by atoms with Gasteiger partial charge in [-0.25, -0.2) is 9.18 Å². The molecule has 0 unspecified atom stereocenters. The van der Waals surface area contributed by atoms with Crippen LogP contribution in [0.25, 0.3) is 22.0 Å². The zero-order chi connectivity index (χ0) is 26.2. The van der Waals surface area contributed by atoms with Gasteiger partial charge in [0.1, 0.15) is 19.0 Å². The summed E-state index contributed by atoms with van der Waals surface area (Å²) in [6, 6.07) is 4.72. The number of carbonyl (C=O) groups excluding carboxylic acids is 2. The topological polar surface area (TPSA) is 107 Å². The third kappa shape index (κ3) is 3.23. The van der Waals surface area contributed by atoms with Crippen LogP contribution in [0.2, 0.25) is 0 Å². The van der Waals surface area contributed by atoms with Gasteiger partial charge in [0, 0.05) is 18.2 Å². The number of aromatic nitrogens is 1. The first kappa shape index (κ1) is 23.8. The van der Waals surface area contributed by atoms with Crippen LogP contribution in [0.15, 0.2) is 23.0 Å². The lowest BCUT2D eigenvalue weighted by atomic mass is 9.79. The number of cyclic esters (lactones) is 1. The predicted molar refractivity (Wildman–Crippen MR) is 133 cm³/mol. The molecule has 2 aromatic carbocycles. The molecule has 8 nitrogen and oxygen atoms in total. The third-order valence-corrected chi connectivity index (χ3v) is 8.18. The van der Waals surface area contributed by atoms with Crippen molar-refractivity contribution in [3.8, 4) is 11.3 Å². The number of rotatable bonds is 4. The van der Waals surface area contributed by atoms with Crippen molar-refractivity contribution in [2.24, 2.45) is 0 Å². The molecule has 1 amide bonds. The maximum absolute atomic E-state index is 15.0. The monoisotopic (exact) mass is 506 g/mol. The van der Waals surface area contributed by atoms with Crippen molar-refractivity contribution in [3.63, 3.8) is 0 Å². The Kier molecular flexibility index (Phi) is 5.29. The number of aryl methyl sites for hydroxylation is 1. The van der Waals surface area contributed by atoms with Gasteiger partial charge in [0.15, 0.2) is 5.60 Å². The Bertz CT molecular complexity index is 1590. The second kappa shape index (κ2) is 8.22. The van der Waals surface area contributed by atoms with Gasteiger partial charge in [0.25, 0.3) is 5.56 Å². The molecular weight excluding hydrogens is 479 g/mol. The largest absolute Gasteiger partial charge is 0.458 e. The Hall–Kier alpha value is -3.56. The van der Waals surface area contributed by atoms with Crippen molar-refractivity contribution in [2.75, 3.05) is 13.7 Å². The fourth-order valence-corrected chi connectivity index (χ4v) is 6.27. The van der Waals surface area contributed by atoms with E-state index in [4.69, 9.17) is 9.47 Å². The number of nitrogens with one attached hydrogen (secondary N) is 1. The lowest BCUT2D eigenvalue weighted by Gasteiger charge is -2.31. The van der Waals surface area contributed by atoms with E-state index in [-0.39, 0.29) is 60.6 Å². The first-order valence-electron chi connectivity index (χ1n) is 12.4. The number of methoxy groups -OCH3 is 1. The van der Waals surface area contributed by atoms with E-state index >= 15 is 0 Å². The summed E-state index contributed by atoms with van der Waals surface area (Å²) in [5.41, 5.74) is 2.77. The van der Waals surface area contributed by atoms with Gasteiger partial charge >= 0.3 is 5.97 Å². The maximum atomic E-state index is 15.0. The third-order valence-electron chi connectivity index (χ3n) is 8.18. The van der Waals surface area contributed by atoms with E-state index in [9.17, 15) is 23.9 Å². The summed E-state index contributed by atoms with van der Waals surface area (Å²) in [4.78, 5) is 38.6. The fourth-order valence-electron chi connectivity index (χ4n) is 6.27. The van der Waals surface area contributed by atoms with E-state index in [1.807, 2.05) is 6.07 Å². The Morgan fingerprint density at radius 3 is 2.78 bits per heavy atom. The van der Waals surface area contributed by atoms with E-state index in [0.29, 0.717) is 29.5 Å². The van der Waals surface area contributed by atoms with Crippen LogP contribution in [0.5, 0.6) is 0 Å². The van der Waals surface area contributed by atoms with E-state index in [0.717, 1.165) is 27.6 Å². The van der Waals surface area contributed by atoms with Gasteiger partial charge in [-0.05, 0) is 77.4 Å². The molecule has 0 spiro atoms. The average Bonchev–Trinajstić information content (AvgIpc) is 3.24. The molecule has 0 bridgehead atoms. The van der Waals surface area contributed by atoms with Crippen LogP contribution in [0.3, 0.4) is 0 Å². The summed E-state index contributed by atoms with van der Waals surface area (Å²) in [6.45, 7) is 3.39. The first-order valence-corrected chi connectivity index (χ1v) is 12.4. The minimum absolute atomic E-state index is 0.0546. The second-order valence-electron chi connectivity index (χ2n) is 10.1. The summed E-state index contributed by atoms with van der Waals surface area (Å²) in [5, 5.41) is 15.8. The summed E-state index contributed by atoms with van der Waals surface area (Å²) in [6.07, 6.45) is 1.24. The summed E-state index contributed by atoms with van der Waals surface area (Å²) < 4.78 is 26.7. The van der Waals surface area contributed by atoms with Crippen LogP contribution in [0.1, 0.15) is 59.2 Å². The minimum Gasteiger partial charge on any atom is -0.458 e. The van der Waals surface area contributed by atoms with Crippen molar-refractivity contribution >= 4 is 22.6 Å². The predicted octanol–water partition coefficient (Wildman–Crippen LogP) is 2.88. The zero-order valence-corrected chi connectivity index (χ0v) is 20.9. The molecule has 37 heavy (non-hydrogen) atoms. The fraction of sp³-hybridized carbons (Fsp3) is 0.393. The van der Waals surface area contributed by atoms with Gasteiger partial charge in [0.2, 0.25) is 5.91 Å². The number of amides is 1. The standard InChI is InChI=1S/C28H27FN2O6/c1-4-28(35)19-9-22-16-7-14-8-20(29)13(2)15-5-6-21(30-23(32)12-36-3)25(24(14)15)17(16)10-31(22)26(33)18(19)11-37-27(28)34/h7-9,21,35H,4-6,10-12H2,1-3H3,(H,30,32)/t21-,28-/m0/s1. The molecule has 0 fully saturated rings. The van der Waals surface area contributed by atoms with Crippen LogP contribution in [-0.4, -0.2) is 35.3 Å². The molecule has 3 aliphatic rings. The summed E-state index contributed by atoms with van der Waals surface area (Å²) >= 11 is 0. The van der Waals surface area contributed by atoms with Crippen LogP contribution in [-0.2, 0) is 44.2 Å². The van der Waals surface area contributed by atoms with Crippen LogP contribution in [0.4, 0.5) is 4.39 Å². The average molecular weight is 507 g/mol. The molecule has 3 aromatic rings. The first-order chi connectivity index (χ1) is 17.7. The SMILES string of the molecule is CC[C@@]1(O)C(=O)OCc2c1cc1n(c2=O)Cc2c-1cc1cc(F)c(C)c3c1c2[C@@H](NC(=O)COC)CC3. The Morgan fingerprint density at radius 2 is 2.05 bits per heavy atom. The van der Waals surface area contributed by atoms with Crippen molar-refractivity contribution < 1.29 is 28.6 Å². The number of nitrogens with zero attached hydrogens (tertiary/aromatic N) is 1. The summed E-state index contributed by atoms with van der Waals surface area (Å²) in [7, 11) is 1.46. The van der Waals surface area contributed by atoms with E-state index in [2.05, 4.69) is 5.32 Å². The van der Waals surface area contributed by atoms with Crippen molar-refractivity contribution in [2.45, 2.75) is 57.9 Å². The van der Waals surface area contributed by atoms with Gasteiger partial charge in [0.05, 0.1) is 23.8 Å². The van der Waals surface area contributed by atoms with Gasteiger partial charge in [-0.2, -0.15) is 0 Å². The number of pyridine rings is 1. The molecular formula is C28H27FN2O6. The summed E-state index contributed by atoms with van der Waals surface area (Å²) in [5.74, 6) is -1.34. The van der Waals surface area contributed by atoms with E-state index in [1.54, 1.807) is 24.5 Å². The molecule has 1 aliphatic carbocycles. The van der Waals surface area contributed by atoms with Gasteiger partial charge < -0.3 is 24.5 Å². The van der Waals surface area contributed by atoms with Crippen LogP contribution >= 0.6 is 0 Å². The highest BCUT2D eigenvalue weighted by atomic mass is 19.1. The smallest absolute Gasteiger partial charge is 0.343 e. The van der Waals surface area contributed by atoms with Crippen LogP contribution in [0, 0.1) is 12.7 Å². The number of hydrogen-bond acceptors (Lipinski definition) is 6. The molecule has 9 heteroatoms. The quantitative estimate of drug-likeness (QED) is 0.413. The molecule has 1 aromatic heterocycles. The molecule has 6 rings (SSSR count). The number of carbonyl (C=O) groups is 2. The van der Waals surface area contributed by atoms with Crippen molar-refractivity contribution in [1.29, 1.82) is 0 Å². The zero-order valence-electron chi connectivity index (χ0n) is 20.9. The molecule has 3 heterocycles. The highest BCUT2D eigenvalue weighted by Crippen LogP contribution is 2.47. The highest BCUT2D eigenvalue weighted by molar-refractivity contribution is 5.98. The number of halogens is 1. The maximum Gasteiger partial charge on any atom is 0.343 e. The number of hydrogen-bond donors (Lipinski definition) is 2. The Balaban J connectivity index is 1.63. The highest BCUT2D eigenvalue weighted by Gasteiger charge is 2.45. The van der Waals surface area contributed by atoms with Crippen LogP contribution < -0.4 is 10.9 Å². The van der Waals surface area contributed by atoms with Gasteiger partial charge in [-0.3, -0.25) is 9.59 Å². The number of benzene rings is 2. The molecule has 192 valence electrons. The van der Waals surface area contributed by atoms with Crippen molar-refractivity contribution in [3.05, 3.63) is 67.8 Å². The minimum atomic E-state index is -1.91. The Labute approximate surface area is 212 Å². The van der Waals surface area contributed by atoms with Gasteiger partial charge in [-0.1, -0.05) is 6.92 Å². The number of ether oxygens (including phenoxy) is 2. The number of fused-ring (bicyclic) bond motifs is 5. The molecule has 2 N–H and O–H groups in total. The molecule has 2 aliphatic heterocycles. The molecule has 0 saturated carbocycles. The molecule has 0 saturated heterocycles. The van der Waals surface area contributed by atoms with Gasteiger partial charge in [-0.15, -0.1) is 0 Å². The molecule has 2 atom stereocenters. The van der Waals surface area contributed by atoms with E-state index < -0.39 is 11.6 Å². The lowest BCUT2D eigenvalue weighted by Crippen LogP contribution is -2.44.